The van der Waals surface area contributed by atoms with Gasteiger partial charge in [-0.25, -0.2) is 22.6 Å². The molecule has 0 saturated carbocycles. The summed E-state index contributed by atoms with van der Waals surface area (Å²) in [6.45, 7) is 0. The van der Waals surface area contributed by atoms with E-state index in [1.165, 1.54) is 0 Å². The Morgan fingerprint density at radius 3 is 2.68 bits per heavy atom. The van der Waals surface area contributed by atoms with Crippen LogP contribution in [0.4, 0.5) is 9.52 Å². The molecule has 0 unspecified atom stereocenters. The number of oxazole rings is 1. The Hall–Kier alpha value is -3.09. The van der Waals surface area contributed by atoms with Gasteiger partial charge >= 0.3 is 5.76 Å². The second-order valence-corrected chi connectivity index (χ2v) is 8.13. The van der Waals surface area contributed by atoms with Gasteiger partial charge in [0.1, 0.15) is 23.2 Å². The molecule has 1 atom stereocenters. The summed E-state index contributed by atoms with van der Waals surface area (Å²) in [6, 6.07) is 10.5. The zero-order chi connectivity index (χ0) is 19.9. The van der Waals surface area contributed by atoms with Gasteiger partial charge in [0.05, 0.1) is 5.52 Å². The molecule has 9 nitrogen and oxygen atoms in total. The third-order valence-corrected chi connectivity index (χ3v) is 6.02. The van der Waals surface area contributed by atoms with E-state index in [4.69, 9.17) is 10.2 Å². The van der Waals surface area contributed by atoms with Crippen LogP contribution < -0.4 is 16.2 Å². The molecule has 144 valence electrons. The lowest BCUT2D eigenvalue weighted by Crippen LogP contribution is -2.27. The van der Waals surface area contributed by atoms with E-state index < -0.39 is 32.7 Å². The molecular weight excluding hydrogens is 409 g/mol. The molecule has 0 bridgehead atoms. The van der Waals surface area contributed by atoms with Crippen LogP contribution >= 0.6 is 11.5 Å². The van der Waals surface area contributed by atoms with Crippen LogP contribution in [0.1, 0.15) is 11.7 Å². The first-order valence-corrected chi connectivity index (χ1v) is 10.1. The molecule has 0 amide bonds. The van der Waals surface area contributed by atoms with Crippen LogP contribution in [0.3, 0.4) is 0 Å². The van der Waals surface area contributed by atoms with Crippen molar-refractivity contribution in [3.8, 4) is 0 Å². The van der Waals surface area contributed by atoms with Crippen molar-refractivity contribution in [2.24, 2.45) is 5.73 Å². The monoisotopic (exact) mass is 421 g/mol. The second-order valence-electron chi connectivity index (χ2n) is 5.70. The average molecular weight is 421 g/mol. The van der Waals surface area contributed by atoms with E-state index in [0.29, 0.717) is 5.56 Å². The van der Waals surface area contributed by atoms with E-state index in [2.05, 4.69) is 14.1 Å². The maximum Gasteiger partial charge on any atom is 0.421 e. The van der Waals surface area contributed by atoms with Gasteiger partial charge in [0.25, 0.3) is 10.0 Å². The van der Waals surface area contributed by atoms with Gasteiger partial charge < -0.3 is 10.2 Å². The number of nitrogens with zero attached hydrogens (tertiary/aromatic N) is 3. The molecule has 3 N–H and O–H groups in total. The molecule has 4 aromatic rings. The highest BCUT2D eigenvalue weighted by Crippen LogP contribution is 2.26. The van der Waals surface area contributed by atoms with Crippen LogP contribution in [0.15, 0.2) is 62.9 Å². The van der Waals surface area contributed by atoms with Crippen molar-refractivity contribution in [2.45, 2.75) is 11.1 Å². The van der Waals surface area contributed by atoms with Crippen LogP contribution in [-0.4, -0.2) is 22.3 Å². The van der Waals surface area contributed by atoms with Crippen LogP contribution in [0.2, 0.25) is 0 Å². The predicted molar refractivity (Wildman–Crippen MR) is 99.9 cm³/mol. The fraction of sp³-hybridized carbons (Fsp3) is 0.0625. The SMILES string of the molecule is N[C@@H](c1ccccc1)n1c(=O)oc2cc(S(=O)(=O)Nc3ncns3)c(F)cc21. The standard InChI is InChI=1S/C16H12FN5O4S2/c17-10-6-11-12(7-13(10)28(24,25)21-15-19-8-20-27-15)26-16(23)22(11)14(18)9-4-2-1-3-5-9/h1-8,14H,18H2,(H,19,20,21)/t14-/m1/s1. The van der Waals surface area contributed by atoms with Crippen LogP contribution in [0.5, 0.6) is 0 Å². The maximum absolute atomic E-state index is 14.6. The van der Waals surface area contributed by atoms with Crippen molar-refractivity contribution in [3.05, 3.63) is 70.7 Å². The largest absolute Gasteiger partial charge is 0.421 e. The topological polar surface area (TPSA) is 133 Å². The normalized spacial score (nSPS) is 12.9. The van der Waals surface area contributed by atoms with Crippen molar-refractivity contribution in [3.63, 3.8) is 0 Å². The first-order chi connectivity index (χ1) is 13.4. The Morgan fingerprint density at radius 2 is 2.00 bits per heavy atom. The van der Waals surface area contributed by atoms with Gasteiger partial charge in [0.2, 0.25) is 5.13 Å². The van der Waals surface area contributed by atoms with Gasteiger partial charge in [0, 0.05) is 23.7 Å². The quantitative estimate of drug-likeness (QED) is 0.503. The molecule has 0 radical (unpaired) electrons. The van der Waals surface area contributed by atoms with Crippen LogP contribution in [0.25, 0.3) is 11.1 Å². The zero-order valence-electron chi connectivity index (χ0n) is 13.9. The minimum Gasteiger partial charge on any atom is -0.408 e. The average Bonchev–Trinajstić information content (AvgIpc) is 3.27. The smallest absolute Gasteiger partial charge is 0.408 e. The minimum absolute atomic E-state index is 0.0235. The van der Waals surface area contributed by atoms with Crippen molar-refractivity contribution >= 4 is 37.8 Å². The molecule has 0 saturated heterocycles. The van der Waals surface area contributed by atoms with E-state index in [1.807, 2.05) is 0 Å². The molecule has 0 spiro atoms. The molecule has 0 aliphatic heterocycles. The highest BCUT2D eigenvalue weighted by molar-refractivity contribution is 7.93. The second kappa shape index (κ2) is 6.82. The van der Waals surface area contributed by atoms with Gasteiger partial charge in [-0.2, -0.15) is 4.37 Å². The number of nitrogens with one attached hydrogen (secondary N) is 1. The number of aromatic nitrogens is 3. The number of sulfonamides is 1. The molecule has 4 rings (SSSR count). The minimum atomic E-state index is -4.30. The van der Waals surface area contributed by atoms with Crippen molar-refractivity contribution < 1.29 is 17.2 Å². The maximum atomic E-state index is 14.6. The number of halogens is 1. The summed E-state index contributed by atoms with van der Waals surface area (Å²) in [5, 5.41) is -0.0235. The van der Waals surface area contributed by atoms with E-state index in [9.17, 15) is 17.6 Å². The number of fused-ring (bicyclic) bond motifs is 1. The summed E-state index contributed by atoms with van der Waals surface area (Å²) in [5.74, 6) is -1.91. The third-order valence-electron chi connectivity index (χ3n) is 3.96. The summed E-state index contributed by atoms with van der Waals surface area (Å²) in [7, 11) is -4.30. The van der Waals surface area contributed by atoms with Gasteiger partial charge in [-0.15, -0.1) is 0 Å². The molecule has 0 fully saturated rings. The van der Waals surface area contributed by atoms with Gasteiger partial charge in [-0.05, 0) is 5.56 Å². The Kier molecular flexibility index (Phi) is 4.45. The zero-order valence-corrected chi connectivity index (χ0v) is 15.6. The highest BCUT2D eigenvalue weighted by Gasteiger charge is 2.25. The molecule has 0 aliphatic rings. The number of nitrogens with two attached hydrogens (primary N) is 1. The fourth-order valence-electron chi connectivity index (χ4n) is 2.69. The van der Waals surface area contributed by atoms with Crippen molar-refractivity contribution in [2.75, 3.05) is 4.72 Å². The molecular formula is C16H12FN5O4S2. The first-order valence-electron chi connectivity index (χ1n) is 7.81. The highest BCUT2D eigenvalue weighted by atomic mass is 32.2. The lowest BCUT2D eigenvalue weighted by Gasteiger charge is -2.13. The van der Waals surface area contributed by atoms with Gasteiger partial charge in [-0.3, -0.25) is 9.29 Å². The van der Waals surface area contributed by atoms with Gasteiger partial charge in [0.15, 0.2) is 5.58 Å². The van der Waals surface area contributed by atoms with E-state index >= 15 is 0 Å². The van der Waals surface area contributed by atoms with Crippen LogP contribution in [0, 0.1) is 5.82 Å². The molecule has 2 aromatic carbocycles. The lowest BCUT2D eigenvalue weighted by molar-refractivity contribution is 0.481. The van der Waals surface area contributed by atoms with E-state index in [-0.39, 0.29) is 16.2 Å². The first kappa shape index (κ1) is 18.3. The summed E-state index contributed by atoms with van der Waals surface area (Å²) in [6.07, 6.45) is 0.225. The lowest BCUT2D eigenvalue weighted by atomic mass is 10.2. The summed E-state index contributed by atoms with van der Waals surface area (Å²) in [5.41, 5.74) is 6.65. The third kappa shape index (κ3) is 3.17. The number of hydrogen-bond donors (Lipinski definition) is 2. The molecule has 2 aromatic heterocycles. The van der Waals surface area contributed by atoms with E-state index in [0.717, 1.165) is 34.6 Å². The summed E-state index contributed by atoms with van der Waals surface area (Å²) in [4.78, 5) is 15.3. The predicted octanol–water partition coefficient (Wildman–Crippen LogP) is 1.89. The molecule has 12 heteroatoms. The van der Waals surface area contributed by atoms with E-state index in [1.54, 1.807) is 30.3 Å². The number of rotatable bonds is 5. The van der Waals surface area contributed by atoms with Crippen LogP contribution in [-0.2, 0) is 10.0 Å². The Balaban J connectivity index is 1.82. The number of anilines is 1. The molecule has 0 aliphatic carbocycles. The fourth-order valence-corrected chi connectivity index (χ4v) is 4.43. The Labute approximate surface area is 161 Å². The van der Waals surface area contributed by atoms with Crippen molar-refractivity contribution in [1.29, 1.82) is 0 Å². The van der Waals surface area contributed by atoms with Crippen molar-refractivity contribution in [1.82, 2.24) is 13.9 Å². The van der Waals surface area contributed by atoms with Gasteiger partial charge in [-0.1, -0.05) is 30.3 Å². The Bertz CT molecular complexity index is 1300. The summed E-state index contributed by atoms with van der Waals surface area (Å²) < 4.78 is 51.5. The molecule has 2 heterocycles. The number of hydrogen-bond acceptors (Lipinski definition) is 8. The number of benzene rings is 2. The molecule has 28 heavy (non-hydrogen) atoms. The Morgan fingerprint density at radius 1 is 1.25 bits per heavy atom. The summed E-state index contributed by atoms with van der Waals surface area (Å²) >= 11 is 0.794.